The molecule has 3 aliphatic heterocycles. The van der Waals surface area contributed by atoms with Gasteiger partial charge < -0.3 is 10.1 Å². The summed E-state index contributed by atoms with van der Waals surface area (Å²) in [6.07, 6.45) is 3.34. The number of hydrogen-bond acceptors (Lipinski definition) is 3. The Morgan fingerprint density at radius 1 is 1.10 bits per heavy atom. The Bertz CT molecular complexity index is 116. The molecular formula is C7H14N2O. The van der Waals surface area contributed by atoms with Gasteiger partial charge in [-0.05, 0) is 38.9 Å². The standard InChI is InChI=1S/C7H14N2O/c10-8-7-1-4-9(5-2-7)6-3-7/h8,10H,1-6H2. The monoisotopic (exact) mass is 142 g/mol. The minimum absolute atomic E-state index is 0.0920. The second-order valence-corrected chi connectivity index (χ2v) is 3.48. The van der Waals surface area contributed by atoms with Crippen LogP contribution >= 0.6 is 0 Å². The van der Waals surface area contributed by atoms with Crippen LogP contribution in [0.2, 0.25) is 0 Å². The number of nitrogens with one attached hydrogen (secondary N) is 1. The molecule has 3 heteroatoms. The Balaban J connectivity index is 2.08. The molecule has 3 fully saturated rings. The van der Waals surface area contributed by atoms with E-state index in [4.69, 9.17) is 5.21 Å². The zero-order valence-corrected chi connectivity index (χ0v) is 6.14. The molecule has 0 spiro atoms. The van der Waals surface area contributed by atoms with Gasteiger partial charge in [-0.1, -0.05) is 0 Å². The van der Waals surface area contributed by atoms with Crippen LogP contribution in [0.5, 0.6) is 0 Å². The van der Waals surface area contributed by atoms with Gasteiger partial charge in [0.1, 0.15) is 0 Å². The van der Waals surface area contributed by atoms with E-state index in [2.05, 4.69) is 10.4 Å². The molecule has 0 aromatic heterocycles. The normalized spacial score (nSPS) is 45.9. The summed E-state index contributed by atoms with van der Waals surface area (Å²) < 4.78 is 0. The first-order valence-corrected chi connectivity index (χ1v) is 3.98. The smallest absolute Gasteiger partial charge is 0.0466 e. The summed E-state index contributed by atoms with van der Waals surface area (Å²) in [5.41, 5.74) is 2.57. The van der Waals surface area contributed by atoms with Crippen LogP contribution in [0.4, 0.5) is 0 Å². The molecule has 0 amide bonds. The predicted molar refractivity (Wildman–Crippen MR) is 37.9 cm³/mol. The molecule has 58 valence electrons. The van der Waals surface area contributed by atoms with Crippen LogP contribution in [0, 0.1) is 0 Å². The Morgan fingerprint density at radius 2 is 1.60 bits per heavy atom. The lowest BCUT2D eigenvalue weighted by atomic mass is 9.81. The van der Waals surface area contributed by atoms with Crippen LogP contribution in [0.15, 0.2) is 0 Å². The van der Waals surface area contributed by atoms with Gasteiger partial charge in [0.25, 0.3) is 0 Å². The second kappa shape index (κ2) is 2.19. The lowest BCUT2D eigenvalue weighted by Crippen LogP contribution is -2.58. The van der Waals surface area contributed by atoms with Crippen LogP contribution in [0.1, 0.15) is 19.3 Å². The Morgan fingerprint density at radius 3 is 1.90 bits per heavy atom. The summed E-state index contributed by atoms with van der Waals surface area (Å²) in [4.78, 5) is 2.46. The van der Waals surface area contributed by atoms with Gasteiger partial charge >= 0.3 is 0 Å². The fourth-order valence-corrected chi connectivity index (χ4v) is 1.99. The molecule has 3 saturated heterocycles. The summed E-state index contributed by atoms with van der Waals surface area (Å²) in [5, 5.41) is 8.90. The number of hydrogen-bond donors (Lipinski definition) is 2. The van der Waals surface area contributed by atoms with Crippen LogP contribution in [0.3, 0.4) is 0 Å². The van der Waals surface area contributed by atoms with E-state index in [1.807, 2.05) is 0 Å². The first-order valence-electron chi connectivity index (χ1n) is 3.98. The quantitative estimate of drug-likeness (QED) is 0.513. The van der Waals surface area contributed by atoms with E-state index in [1.165, 1.54) is 0 Å². The van der Waals surface area contributed by atoms with Crippen molar-refractivity contribution < 1.29 is 5.21 Å². The highest BCUT2D eigenvalue weighted by Crippen LogP contribution is 2.30. The number of hydroxylamine groups is 1. The summed E-state index contributed by atoms with van der Waals surface area (Å²) in [7, 11) is 0. The number of piperidine rings is 3. The fourth-order valence-electron chi connectivity index (χ4n) is 1.99. The Labute approximate surface area is 61.0 Å². The highest BCUT2D eigenvalue weighted by Gasteiger charge is 2.38. The van der Waals surface area contributed by atoms with E-state index in [-0.39, 0.29) is 5.54 Å². The van der Waals surface area contributed by atoms with Crippen molar-refractivity contribution in [2.45, 2.75) is 24.8 Å². The Hall–Kier alpha value is -0.120. The molecule has 2 bridgehead atoms. The maximum atomic E-state index is 8.90. The molecule has 0 unspecified atom stereocenters. The maximum absolute atomic E-state index is 8.90. The third-order valence-electron chi connectivity index (χ3n) is 2.96. The van der Waals surface area contributed by atoms with Crippen molar-refractivity contribution in [3.05, 3.63) is 0 Å². The van der Waals surface area contributed by atoms with Crippen molar-refractivity contribution in [1.82, 2.24) is 10.4 Å². The number of fused-ring (bicyclic) bond motifs is 3. The molecule has 0 radical (unpaired) electrons. The third kappa shape index (κ3) is 0.856. The minimum atomic E-state index is 0.0920. The van der Waals surface area contributed by atoms with Gasteiger partial charge in [-0.2, -0.15) is 5.48 Å². The lowest BCUT2D eigenvalue weighted by molar-refractivity contribution is -0.0271. The van der Waals surface area contributed by atoms with Gasteiger partial charge in [0.15, 0.2) is 0 Å². The summed E-state index contributed by atoms with van der Waals surface area (Å²) in [6.45, 7) is 3.48. The summed E-state index contributed by atoms with van der Waals surface area (Å²) >= 11 is 0. The molecule has 3 aliphatic rings. The number of nitrogens with zero attached hydrogens (tertiary/aromatic N) is 1. The lowest BCUT2D eigenvalue weighted by Gasteiger charge is -2.47. The third-order valence-corrected chi connectivity index (χ3v) is 2.96. The van der Waals surface area contributed by atoms with E-state index < -0.39 is 0 Å². The van der Waals surface area contributed by atoms with Gasteiger partial charge in [0.2, 0.25) is 0 Å². The maximum Gasteiger partial charge on any atom is 0.0466 e. The van der Waals surface area contributed by atoms with E-state index in [9.17, 15) is 0 Å². The van der Waals surface area contributed by atoms with Crippen LogP contribution in [-0.4, -0.2) is 35.3 Å². The van der Waals surface area contributed by atoms with Gasteiger partial charge in [-0.25, -0.2) is 0 Å². The molecule has 0 aromatic rings. The van der Waals surface area contributed by atoms with Crippen molar-refractivity contribution in [3.8, 4) is 0 Å². The van der Waals surface area contributed by atoms with Crippen molar-refractivity contribution in [3.63, 3.8) is 0 Å². The van der Waals surface area contributed by atoms with Crippen LogP contribution in [-0.2, 0) is 0 Å². The Kier molecular flexibility index (Phi) is 1.44. The van der Waals surface area contributed by atoms with Crippen molar-refractivity contribution >= 4 is 0 Å². The molecule has 0 aromatic carbocycles. The fraction of sp³-hybridized carbons (Fsp3) is 1.00. The van der Waals surface area contributed by atoms with E-state index in [0.29, 0.717) is 0 Å². The molecule has 10 heavy (non-hydrogen) atoms. The number of rotatable bonds is 1. The van der Waals surface area contributed by atoms with Gasteiger partial charge in [0, 0.05) is 5.54 Å². The minimum Gasteiger partial charge on any atom is -0.316 e. The average Bonchev–Trinajstić information content (AvgIpc) is 2.08. The summed E-state index contributed by atoms with van der Waals surface area (Å²) in [5.74, 6) is 0. The predicted octanol–water partition coefficient (Wildman–Crippen LogP) is 0.204. The highest BCUT2D eigenvalue weighted by atomic mass is 16.5. The molecule has 0 atom stereocenters. The molecule has 3 rings (SSSR count). The highest BCUT2D eigenvalue weighted by molar-refractivity contribution is 4.96. The van der Waals surface area contributed by atoms with Crippen LogP contribution in [0.25, 0.3) is 0 Å². The second-order valence-electron chi connectivity index (χ2n) is 3.48. The largest absolute Gasteiger partial charge is 0.316 e. The summed E-state index contributed by atoms with van der Waals surface area (Å²) in [6, 6.07) is 0. The molecule has 3 nitrogen and oxygen atoms in total. The molecule has 0 saturated carbocycles. The van der Waals surface area contributed by atoms with Crippen molar-refractivity contribution in [2.24, 2.45) is 0 Å². The van der Waals surface area contributed by atoms with Crippen molar-refractivity contribution in [1.29, 1.82) is 0 Å². The average molecular weight is 142 g/mol. The zero-order chi connectivity index (χ0) is 7.03. The van der Waals surface area contributed by atoms with E-state index in [0.717, 1.165) is 38.9 Å². The molecule has 2 N–H and O–H groups in total. The van der Waals surface area contributed by atoms with Gasteiger partial charge in [-0.3, -0.25) is 0 Å². The molecule has 0 aliphatic carbocycles. The SMILES string of the molecule is ONC12CCN(CC1)CC2. The van der Waals surface area contributed by atoms with Crippen molar-refractivity contribution in [2.75, 3.05) is 19.6 Å². The van der Waals surface area contributed by atoms with Gasteiger partial charge in [-0.15, -0.1) is 0 Å². The van der Waals surface area contributed by atoms with Crippen LogP contribution < -0.4 is 5.48 Å². The van der Waals surface area contributed by atoms with E-state index in [1.54, 1.807) is 0 Å². The molecule has 3 heterocycles. The zero-order valence-electron chi connectivity index (χ0n) is 6.14. The first kappa shape index (κ1) is 6.58. The topological polar surface area (TPSA) is 35.5 Å². The van der Waals surface area contributed by atoms with E-state index >= 15 is 0 Å². The first-order chi connectivity index (χ1) is 4.85. The van der Waals surface area contributed by atoms with Gasteiger partial charge in [0.05, 0.1) is 0 Å². The molecular weight excluding hydrogens is 128 g/mol.